The molecule has 0 saturated carbocycles. The quantitative estimate of drug-likeness (QED) is 0.502. The third-order valence-electron chi connectivity index (χ3n) is 6.35. The summed E-state index contributed by atoms with van der Waals surface area (Å²) < 4.78 is 36.3. The van der Waals surface area contributed by atoms with Crippen LogP contribution in [0, 0.1) is 0 Å². The highest BCUT2D eigenvalue weighted by molar-refractivity contribution is 7.92. The zero-order chi connectivity index (χ0) is 24.3. The van der Waals surface area contributed by atoms with Gasteiger partial charge in [0.05, 0.1) is 18.5 Å². The van der Waals surface area contributed by atoms with Crippen LogP contribution in [0.15, 0.2) is 36.4 Å². The molecule has 11 heteroatoms. The van der Waals surface area contributed by atoms with Crippen molar-refractivity contribution >= 4 is 33.4 Å². The fraction of sp³-hybridized carbons (Fsp3) is 0.348. The van der Waals surface area contributed by atoms with E-state index in [-0.39, 0.29) is 0 Å². The lowest BCUT2D eigenvalue weighted by Gasteiger charge is -2.25. The summed E-state index contributed by atoms with van der Waals surface area (Å²) in [5.74, 6) is 0.0822. The molecule has 3 aliphatic rings. The Bertz CT molecular complexity index is 1340. The van der Waals surface area contributed by atoms with Crippen molar-refractivity contribution in [3.63, 3.8) is 0 Å². The zero-order valence-electron chi connectivity index (χ0n) is 18.7. The Kier molecular flexibility index (Phi) is 5.05. The number of nitrogens with zero attached hydrogens (tertiary/aromatic N) is 2. The monoisotopic (exact) mass is 485 g/mol. The molecule has 10 nitrogen and oxygen atoms in total. The molecule has 3 heterocycles. The zero-order valence-corrected chi connectivity index (χ0v) is 19.5. The highest BCUT2D eigenvalue weighted by Gasteiger charge is 2.50. The third kappa shape index (κ3) is 3.56. The highest BCUT2D eigenvalue weighted by atomic mass is 32.2. The summed E-state index contributed by atoms with van der Waals surface area (Å²) in [6, 6.07) is 9.09. The van der Waals surface area contributed by atoms with E-state index in [1.165, 1.54) is 10.4 Å². The molecule has 0 bridgehead atoms. The summed E-state index contributed by atoms with van der Waals surface area (Å²) in [7, 11) is -3.40. The number of anilines is 1. The number of fused-ring (bicyclic) bond motifs is 2. The number of hydrogen-bond donors (Lipinski definition) is 1. The minimum atomic E-state index is -3.40. The smallest absolute Gasteiger partial charge is 0.325 e. The van der Waals surface area contributed by atoms with Gasteiger partial charge in [0, 0.05) is 12.1 Å². The lowest BCUT2D eigenvalue weighted by atomic mass is 9.91. The third-order valence-corrected chi connectivity index (χ3v) is 7.53. The molecule has 1 saturated heterocycles. The summed E-state index contributed by atoms with van der Waals surface area (Å²) in [4.78, 5) is 39.8. The molecule has 1 atom stereocenters. The molecule has 2 aromatic carbocycles. The second kappa shape index (κ2) is 7.73. The Balaban J connectivity index is 1.36. The van der Waals surface area contributed by atoms with Gasteiger partial charge in [0.15, 0.2) is 17.3 Å². The van der Waals surface area contributed by atoms with Crippen molar-refractivity contribution in [3.8, 4) is 11.5 Å². The molecule has 5 rings (SSSR count). The van der Waals surface area contributed by atoms with Gasteiger partial charge in [-0.3, -0.25) is 18.8 Å². The Morgan fingerprint density at radius 1 is 1.09 bits per heavy atom. The molecule has 34 heavy (non-hydrogen) atoms. The first kappa shape index (κ1) is 22.2. The van der Waals surface area contributed by atoms with Crippen LogP contribution in [0.2, 0.25) is 0 Å². The normalized spacial score (nSPS) is 21.5. The van der Waals surface area contributed by atoms with E-state index in [0.29, 0.717) is 54.5 Å². The van der Waals surface area contributed by atoms with Gasteiger partial charge >= 0.3 is 6.03 Å². The summed E-state index contributed by atoms with van der Waals surface area (Å²) in [5.41, 5.74) is 0.738. The number of ketones is 1. The molecule has 1 fully saturated rings. The Labute approximate surface area is 196 Å². The number of rotatable bonds is 5. The van der Waals surface area contributed by atoms with E-state index in [1.54, 1.807) is 37.3 Å². The standard InChI is InChI=1S/C23H23N3O7S/c1-23(16-4-6-19-20(12-16)33-10-9-32-19)21(28)25(22(29)24-23)13-18(27)15-3-5-17-14(11-15)7-8-26(17)34(2,30)31/h3-6,11-12H,7-10,13H2,1-2H3,(H,24,29). The van der Waals surface area contributed by atoms with Gasteiger partial charge < -0.3 is 14.8 Å². The molecule has 3 aliphatic heterocycles. The van der Waals surface area contributed by atoms with E-state index in [4.69, 9.17) is 9.47 Å². The SMILES string of the molecule is CC1(c2ccc3c(c2)OCCO3)NC(=O)N(CC(=O)c2ccc3c(c2)CCN3S(C)(=O)=O)C1=O. The number of benzene rings is 2. The molecule has 2 aromatic rings. The van der Waals surface area contributed by atoms with E-state index in [1.807, 2.05) is 0 Å². The van der Waals surface area contributed by atoms with Crippen LogP contribution in [-0.4, -0.2) is 63.6 Å². The van der Waals surface area contributed by atoms with Crippen molar-refractivity contribution in [2.24, 2.45) is 0 Å². The van der Waals surface area contributed by atoms with Crippen molar-refractivity contribution in [1.29, 1.82) is 0 Å². The number of hydrogen-bond acceptors (Lipinski definition) is 7. The van der Waals surface area contributed by atoms with Crippen LogP contribution in [0.3, 0.4) is 0 Å². The summed E-state index contributed by atoms with van der Waals surface area (Å²) >= 11 is 0. The Morgan fingerprint density at radius 2 is 1.82 bits per heavy atom. The fourth-order valence-electron chi connectivity index (χ4n) is 4.51. The van der Waals surface area contributed by atoms with Gasteiger partial charge in [0.25, 0.3) is 5.91 Å². The summed E-state index contributed by atoms with van der Waals surface area (Å²) in [6.45, 7) is 2.28. The first-order chi connectivity index (χ1) is 16.1. The van der Waals surface area contributed by atoms with E-state index in [0.717, 1.165) is 16.7 Å². The number of sulfonamides is 1. The average molecular weight is 486 g/mol. The van der Waals surface area contributed by atoms with Crippen molar-refractivity contribution in [2.75, 3.05) is 36.9 Å². The van der Waals surface area contributed by atoms with Gasteiger partial charge in [-0.05, 0) is 54.8 Å². The number of urea groups is 1. The van der Waals surface area contributed by atoms with Crippen LogP contribution in [0.25, 0.3) is 0 Å². The second-order valence-corrected chi connectivity index (χ2v) is 10.6. The maximum atomic E-state index is 13.3. The molecule has 1 N–H and O–H groups in total. The molecule has 0 spiro atoms. The molecule has 0 radical (unpaired) electrons. The van der Waals surface area contributed by atoms with Crippen molar-refractivity contribution < 1.29 is 32.3 Å². The number of ether oxygens (including phenoxy) is 2. The van der Waals surface area contributed by atoms with E-state index < -0.39 is 39.8 Å². The number of nitrogens with one attached hydrogen (secondary N) is 1. The average Bonchev–Trinajstić information content (AvgIpc) is 3.33. The van der Waals surface area contributed by atoms with Gasteiger partial charge in [-0.15, -0.1) is 0 Å². The second-order valence-electron chi connectivity index (χ2n) is 8.66. The minimum absolute atomic E-state index is 0.308. The van der Waals surface area contributed by atoms with E-state index in [2.05, 4.69) is 5.32 Å². The van der Waals surface area contributed by atoms with Gasteiger partial charge in [0.1, 0.15) is 18.8 Å². The van der Waals surface area contributed by atoms with E-state index >= 15 is 0 Å². The first-order valence-electron chi connectivity index (χ1n) is 10.8. The van der Waals surface area contributed by atoms with Gasteiger partial charge in [-0.1, -0.05) is 6.07 Å². The molecule has 0 aromatic heterocycles. The van der Waals surface area contributed by atoms with Crippen molar-refractivity contribution in [2.45, 2.75) is 18.9 Å². The number of carbonyl (C=O) groups excluding carboxylic acids is 3. The number of imide groups is 1. The summed E-state index contributed by atoms with van der Waals surface area (Å²) in [5, 5.41) is 2.69. The van der Waals surface area contributed by atoms with Crippen molar-refractivity contribution in [3.05, 3.63) is 53.1 Å². The minimum Gasteiger partial charge on any atom is -0.486 e. The predicted octanol–water partition coefficient (Wildman–Crippen LogP) is 1.43. The highest BCUT2D eigenvalue weighted by Crippen LogP contribution is 2.37. The molecular weight excluding hydrogens is 462 g/mol. The van der Waals surface area contributed by atoms with Crippen LogP contribution in [0.1, 0.15) is 28.4 Å². The Hall–Kier alpha value is -3.60. The predicted molar refractivity (Wildman–Crippen MR) is 122 cm³/mol. The summed E-state index contributed by atoms with van der Waals surface area (Å²) in [6.07, 6.45) is 1.62. The lowest BCUT2D eigenvalue weighted by molar-refractivity contribution is -0.130. The largest absolute Gasteiger partial charge is 0.486 e. The maximum Gasteiger partial charge on any atom is 0.325 e. The molecule has 178 valence electrons. The molecule has 1 unspecified atom stereocenters. The first-order valence-corrected chi connectivity index (χ1v) is 12.6. The lowest BCUT2D eigenvalue weighted by Crippen LogP contribution is -2.41. The fourth-order valence-corrected chi connectivity index (χ4v) is 5.47. The van der Waals surface area contributed by atoms with Crippen LogP contribution in [0.5, 0.6) is 11.5 Å². The van der Waals surface area contributed by atoms with Gasteiger partial charge in [0.2, 0.25) is 10.0 Å². The number of carbonyl (C=O) groups is 3. The van der Waals surface area contributed by atoms with Gasteiger partial charge in [-0.25, -0.2) is 13.2 Å². The molecule has 3 amide bonds. The molecular formula is C23H23N3O7S. The maximum absolute atomic E-state index is 13.3. The van der Waals surface area contributed by atoms with Crippen LogP contribution in [-0.2, 0) is 26.8 Å². The van der Waals surface area contributed by atoms with Crippen LogP contribution in [0.4, 0.5) is 10.5 Å². The van der Waals surface area contributed by atoms with Gasteiger partial charge in [-0.2, -0.15) is 0 Å². The van der Waals surface area contributed by atoms with Crippen molar-refractivity contribution in [1.82, 2.24) is 10.2 Å². The topological polar surface area (TPSA) is 122 Å². The van der Waals surface area contributed by atoms with Crippen LogP contribution >= 0.6 is 0 Å². The number of amides is 3. The van der Waals surface area contributed by atoms with E-state index in [9.17, 15) is 22.8 Å². The van der Waals surface area contributed by atoms with Crippen LogP contribution < -0.4 is 19.1 Å². The Morgan fingerprint density at radius 3 is 2.56 bits per heavy atom. The number of Topliss-reactive ketones (excluding diaryl/α,β-unsaturated/α-hetero) is 1. The molecule has 0 aliphatic carbocycles.